The van der Waals surface area contributed by atoms with E-state index in [1.165, 1.54) is 22.7 Å². The molecule has 0 saturated carbocycles. The smallest absolute Gasteiger partial charge is 0.281 e. The van der Waals surface area contributed by atoms with Gasteiger partial charge in [0.15, 0.2) is 0 Å². The van der Waals surface area contributed by atoms with Crippen molar-refractivity contribution in [1.82, 2.24) is 8.61 Å². The Labute approximate surface area is 95.2 Å². The molecule has 0 atom stereocenters. The molecule has 0 aliphatic carbocycles. The first-order valence-corrected chi connectivity index (χ1v) is 6.50. The van der Waals surface area contributed by atoms with Crippen molar-refractivity contribution >= 4 is 27.1 Å². The maximum Gasteiger partial charge on any atom is 0.281 e. The van der Waals surface area contributed by atoms with Crippen LogP contribution in [0.3, 0.4) is 0 Å². The highest BCUT2D eigenvalue weighted by molar-refractivity contribution is 7.86. The van der Waals surface area contributed by atoms with Gasteiger partial charge in [0.05, 0.1) is 0 Å². The zero-order valence-electron chi connectivity index (χ0n) is 8.81. The summed E-state index contributed by atoms with van der Waals surface area (Å²) in [4.78, 5) is 10.9. The molecule has 1 fully saturated rings. The van der Waals surface area contributed by atoms with Gasteiger partial charge in [-0.15, -0.1) is 0 Å². The predicted molar refractivity (Wildman–Crippen MR) is 57.8 cm³/mol. The quantitative estimate of drug-likeness (QED) is 0.680. The summed E-state index contributed by atoms with van der Waals surface area (Å²) in [5, 5.41) is -0.364. The van der Waals surface area contributed by atoms with E-state index in [0.29, 0.717) is 25.9 Å². The standard InChI is InChI=1S/C8H15ClN2O3S/c1-10(2)15(13,14)11-5-3-7(4-6-11)8(9)12/h7H,3-6H2,1-2H3. The van der Waals surface area contributed by atoms with Crippen LogP contribution in [0.1, 0.15) is 12.8 Å². The fourth-order valence-corrected chi connectivity index (χ4v) is 2.90. The fourth-order valence-electron chi connectivity index (χ4n) is 1.54. The van der Waals surface area contributed by atoms with Gasteiger partial charge >= 0.3 is 0 Å². The summed E-state index contributed by atoms with van der Waals surface area (Å²) in [6.07, 6.45) is 1.02. The molecule has 0 bridgehead atoms. The van der Waals surface area contributed by atoms with Crippen molar-refractivity contribution in [3.8, 4) is 0 Å². The largest absolute Gasteiger partial charge is 0.281 e. The molecule has 1 aliphatic rings. The van der Waals surface area contributed by atoms with Crippen molar-refractivity contribution in [2.24, 2.45) is 5.92 Å². The zero-order chi connectivity index (χ0) is 11.6. The first kappa shape index (κ1) is 12.9. The number of hydrogen-bond donors (Lipinski definition) is 0. The molecular weight excluding hydrogens is 240 g/mol. The van der Waals surface area contributed by atoms with E-state index >= 15 is 0 Å². The molecular formula is C8H15ClN2O3S. The first-order chi connectivity index (χ1) is 6.85. The van der Waals surface area contributed by atoms with Gasteiger partial charge in [0.2, 0.25) is 5.24 Å². The predicted octanol–water partition coefficient (Wildman–Crippen LogP) is 0.270. The molecule has 5 nitrogen and oxygen atoms in total. The average Bonchev–Trinajstić information content (AvgIpc) is 2.17. The number of hydrogen-bond acceptors (Lipinski definition) is 3. The Morgan fingerprint density at radius 1 is 1.33 bits per heavy atom. The Morgan fingerprint density at radius 2 is 1.80 bits per heavy atom. The summed E-state index contributed by atoms with van der Waals surface area (Å²) in [5.41, 5.74) is 0. The SMILES string of the molecule is CN(C)S(=O)(=O)N1CCC(C(=O)Cl)CC1. The molecule has 1 heterocycles. The van der Waals surface area contributed by atoms with E-state index in [2.05, 4.69) is 0 Å². The highest BCUT2D eigenvalue weighted by Crippen LogP contribution is 2.22. The van der Waals surface area contributed by atoms with Crippen molar-refractivity contribution in [3.05, 3.63) is 0 Å². The van der Waals surface area contributed by atoms with Crippen LogP contribution in [0.5, 0.6) is 0 Å². The Balaban J connectivity index is 2.62. The van der Waals surface area contributed by atoms with Gasteiger partial charge in [0.25, 0.3) is 10.2 Å². The van der Waals surface area contributed by atoms with Crippen LogP contribution < -0.4 is 0 Å². The van der Waals surface area contributed by atoms with Gasteiger partial charge in [0, 0.05) is 33.1 Å². The Kier molecular flexibility index (Phi) is 4.11. The van der Waals surface area contributed by atoms with E-state index in [1.54, 1.807) is 0 Å². The van der Waals surface area contributed by atoms with Gasteiger partial charge in [-0.2, -0.15) is 17.0 Å². The zero-order valence-corrected chi connectivity index (χ0v) is 10.4. The van der Waals surface area contributed by atoms with Crippen LogP contribution in [-0.4, -0.2) is 49.5 Å². The van der Waals surface area contributed by atoms with Crippen LogP contribution in [0.4, 0.5) is 0 Å². The third-order valence-electron chi connectivity index (χ3n) is 2.56. The van der Waals surface area contributed by atoms with Crippen molar-refractivity contribution in [3.63, 3.8) is 0 Å². The van der Waals surface area contributed by atoms with Gasteiger partial charge < -0.3 is 0 Å². The molecule has 0 aromatic carbocycles. The van der Waals surface area contributed by atoms with Crippen LogP contribution in [-0.2, 0) is 15.0 Å². The normalized spacial score (nSPS) is 20.8. The van der Waals surface area contributed by atoms with E-state index in [0.717, 1.165) is 0 Å². The van der Waals surface area contributed by atoms with Gasteiger partial charge in [-0.05, 0) is 24.4 Å². The minimum Gasteiger partial charge on any atom is -0.281 e. The first-order valence-electron chi connectivity index (χ1n) is 4.72. The molecule has 0 N–H and O–H groups in total. The van der Waals surface area contributed by atoms with Gasteiger partial charge in [0.1, 0.15) is 0 Å². The molecule has 0 aromatic rings. The summed E-state index contributed by atoms with van der Waals surface area (Å²) in [7, 11) is -0.348. The lowest BCUT2D eigenvalue weighted by Gasteiger charge is -2.31. The lowest BCUT2D eigenvalue weighted by Crippen LogP contribution is -2.45. The number of halogens is 1. The monoisotopic (exact) mass is 254 g/mol. The summed E-state index contributed by atoms with van der Waals surface area (Å²) in [5.74, 6) is -0.194. The van der Waals surface area contributed by atoms with Crippen LogP contribution in [0.2, 0.25) is 0 Å². The van der Waals surface area contributed by atoms with Crippen molar-refractivity contribution in [2.45, 2.75) is 12.8 Å². The van der Waals surface area contributed by atoms with Crippen molar-refractivity contribution < 1.29 is 13.2 Å². The lowest BCUT2D eigenvalue weighted by molar-refractivity contribution is -0.116. The fraction of sp³-hybridized carbons (Fsp3) is 0.875. The third kappa shape index (κ3) is 2.90. The van der Waals surface area contributed by atoms with Crippen molar-refractivity contribution in [1.29, 1.82) is 0 Å². The number of piperidine rings is 1. The second-order valence-corrected chi connectivity index (χ2v) is 6.28. The van der Waals surface area contributed by atoms with Crippen LogP contribution >= 0.6 is 11.6 Å². The van der Waals surface area contributed by atoms with E-state index < -0.39 is 10.2 Å². The maximum atomic E-state index is 11.7. The average molecular weight is 255 g/mol. The molecule has 0 amide bonds. The molecule has 1 saturated heterocycles. The molecule has 0 radical (unpaired) electrons. The topological polar surface area (TPSA) is 57.7 Å². The van der Waals surface area contributed by atoms with Crippen LogP contribution in [0, 0.1) is 5.92 Å². The number of carbonyl (C=O) groups is 1. The summed E-state index contributed by atoms with van der Waals surface area (Å²) < 4.78 is 25.9. The minimum absolute atomic E-state index is 0.194. The summed E-state index contributed by atoms with van der Waals surface area (Å²) in [6, 6.07) is 0. The molecule has 1 aliphatic heterocycles. The highest BCUT2D eigenvalue weighted by Gasteiger charge is 2.31. The van der Waals surface area contributed by atoms with E-state index in [-0.39, 0.29) is 11.2 Å². The van der Waals surface area contributed by atoms with Gasteiger partial charge in [-0.1, -0.05) is 0 Å². The van der Waals surface area contributed by atoms with Gasteiger partial charge in [-0.25, -0.2) is 0 Å². The van der Waals surface area contributed by atoms with Crippen LogP contribution in [0.25, 0.3) is 0 Å². The molecule has 1 rings (SSSR count). The van der Waals surface area contributed by atoms with Gasteiger partial charge in [-0.3, -0.25) is 4.79 Å². The van der Waals surface area contributed by atoms with E-state index in [4.69, 9.17) is 11.6 Å². The Hall–Kier alpha value is -0.170. The summed E-state index contributed by atoms with van der Waals surface area (Å²) in [6.45, 7) is 0.729. The molecule has 0 spiro atoms. The third-order valence-corrected chi connectivity index (χ3v) is 4.81. The lowest BCUT2D eigenvalue weighted by atomic mass is 10.00. The van der Waals surface area contributed by atoms with Crippen molar-refractivity contribution in [2.75, 3.05) is 27.2 Å². The number of rotatable bonds is 3. The second-order valence-electron chi connectivity index (χ2n) is 3.77. The molecule has 7 heteroatoms. The number of carbonyl (C=O) groups excluding carboxylic acids is 1. The molecule has 15 heavy (non-hydrogen) atoms. The molecule has 0 aromatic heterocycles. The second kappa shape index (κ2) is 4.78. The highest BCUT2D eigenvalue weighted by atomic mass is 35.5. The van der Waals surface area contributed by atoms with Crippen LogP contribution in [0.15, 0.2) is 0 Å². The minimum atomic E-state index is -3.34. The van der Waals surface area contributed by atoms with E-state index in [1.807, 2.05) is 0 Å². The molecule has 0 unspecified atom stereocenters. The molecule has 88 valence electrons. The Morgan fingerprint density at radius 3 is 2.13 bits per heavy atom. The van der Waals surface area contributed by atoms with E-state index in [9.17, 15) is 13.2 Å². The Bertz CT molecular complexity index is 334. The number of nitrogens with zero attached hydrogens (tertiary/aromatic N) is 2. The maximum absolute atomic E-state index is 11.7. The summed E-state index contributed by atoms with van der Waals surface area (Å²) >= 11 is 5.36.